The van der Waals surface area contributed by atoms with Gasteiger partial charge in [-0.25, -0.2) is 0 Å². The molecule has 0 heterocycles. The molecule has 4 aliphatic rings. The third kappa shape index (κ3) is 6.73. The summed E-state index contributed by atoms with van der Waals surface area (Å²) in [5, 5.41) is -13.6. The molecule has 1 aromatic rings. The van der Waals surface area contributed by atoms with E-state index in [4.69, 9.17) is 9.29 Å². The Balaban J connectivity index is 0.00000506. The fourth-order valence-corrected chi connectivity index (χ4v) is 9.06. The van der Waals surface area contributed by atoms with Crippen molar-refractivity contribution >= 4 is 67.5 Å². The maximum absolute atomic E-state index is 14.0. The van der Waals surface area contributed by atoms with Crippen LogP contribution in [0.3, 0.4) is 0 Å². The van der Waals surface area contributed by atoms with Gasteiger partial charge in [0.2, 0.25) is 0 Å². The first-order valence-electron chi connectivity index (χ1n) is 13.0. The molecule has 0 amide bonds. The van der Waals surface area contributed by atoms with Crippen molar-refractivity contribution in [1.29, 1.82) is 0 Å². The van der Waals surface area contributed by atoms with Gasteiger partial charge in [0.05, 0.1) is 6.42 Å². The van der Waals surface area contributed by atoms with E-state index in [9.17, 15) is 48.0 Å². The minimum atomic E-state index is -7.14. The average Bonchev–Trinajstić information content (AvgIpc) is 2.82. The number of rotatable bonds is 12. The molecule has 0 radical (unpaired) electrons. The minimum absolute atomic E-state index is 0. The quantitative estimate of drug-likeness (QED) is 0.0758. The van der Waals surface area contributed by atoms with Crippen LogP contribution in [0.15, 0.2) is 29.2 Å². The molecular weight excluding hydrogens is 661 g/mol. The Morgan fingerprint density at radius 1 is 0.907 bits per heavy atom. The van der Waals surface area contributed by atoms with Gasteiger partial charge in [-0.15, -0.1) is 11.8 Å². The van der Waals surface area contributed by atoms with Gasteiger partial charge in [-0.2, -0.15) is 43.2 Å². The summed E-state index contributed by atoms with van der Waals surface area (Å²) in [4.78, 5) is 13.1. The van der Waals surface area contributed by atoms with Crippen molar-refractivity contribution in [2.24, 2.45) is 23.2 Å². The second-order valence-corrected chi connectivity index (χ2v) is 16.1. The molecule has 240 valence electrons. The first-order chi connectivity index (χ1) is 19.0. The maximum atomic E-state index is 14.0. The van der Waals surface area contributed by atoms with E-state index >= 15 is 0 Å². The van der Waals surface area contributed by atoms with Crippen LogP contribution in [0.2, 0.25) is 0 Å². The Morgan fingerprint density at radius 3 is 1.81 bits per heavy atom. The summed E-state index contributed by atoms with van der Waals surface area (Å²) in [5.74, 6) is -6.23. The van der Waals surface area contributed by atoms with Crippen molar-refractivity contribution in [2.75, 3.05) is 5.75 Å². The van der Waals surface area contributed by atoms with Gasteiger partial charge in [-0.3, -0.25) is 9.35 Å². The van der Waals surface area contributed by atoms with Gasteiger partial charge in [0.15, 0.2) is 0 Å². The van der Waals surface area contributed by atoms with Gasteiger partial charge in [0.1, 0.15) is 11.4 Å². The summed E-state index contributed by atoms with van der Waals surface area (Å²) in [7, 11) is -14.0. The van der Waals surface area contributed by atoms with Crippen LogP contribution >= 0.6 is 11.8 Å². The molecule has 0 aromatic heterocycles. The Hall–Kier alpha value is -0.720. The van der Waals surface area contributed by atoms with E-state index in [0.29, 0.717) is 22.6 Å². The van der Waals surface area contributed by atoms with Crippen LogP contribution in [-0.4, -0.2) is 84.7 Å². The Kier molecular flexibility index (Phi) is 10.4. The molecule has 4 bridgehead atoms. The third-order valence-electron chi connectivity index (χ3n) is 8.66. The van der Waals surface area contributed by atoms with E-state index in [1.165, 1.54) is 19.3 Å². The van der Waals surface area contributed by atoms with E-state index in [1.54, 1.807) is 0 Å². The number of ether oxygens (including phenoxy) is 1. The Bertz CT molecular complexity index is 1380. The van der Waals surface area contributed by atoms with Crippen LogP contribution in [0.25, 0.3) is 0 Å². The predicted molar refractivity (Wildman–Crippen MR) is 146 cm³/mol. The van der Waals surface area contributed by atoms with E-state index < -0.39 is 54.0 Å². The molecule has 4 saturated carbocycles. The molecule has 18 heteroatoms. The first kappa shape index (κ1) is 36.7. The molecule has 1 aromatic carbocycles. The topological polar surface area (TPSA) is 124 Å². The van der Waals surface area contributed by atoms with Crippen molar-refractivity contribution in [1.82, 2.24) is 0 Å². The van der Waals surface area contributed by atoms with Gasteiger partial charge in [0.25, 0.3) is 0 Å². The molecule has 4 aliphatic carbocycles. The van der Waals surface area contributed by atoms with E-state index in [1.807, 2.05) is 13.8 Å². The summed E-state index contributed by atoms with van der Waals surface area (Å²) < 4.78 is 145. The van der Waals surface area contributed by atoms with Gasteiger partial charge < -0.3 is 8.92 Å². The zero-order valence-corrected chi connectivity index (χ0v) is 24.9. The number of carbonyl (C=O) groups is 1. The summed E-state index contributed by atoms with van der Waals surface area (Å²) >= 11 is 1.11. The number of carbonyl (C=O) groups excluding carboxylic acids is 1. The number of hydrogen-bond acceptors (Lipinski definition) is 8. The van der Waals surface area contributed by atoms with E-state index in [-0.39, 0.29) is 47.1 Å². The second-order valence-electron chi connectivity index (χ2n) is 11.9. The van der Waals surface area contributed by atoms with Gasteiger partial charge in [-0.1, -0.05) is 0 Å². The summed E-state index contributed by atoms with van der Waals surface area (Å²) in [6.45, 7) is 3.92. The number of benzene rings is 1. The number of esters is 1. The van der Waals surface area contributed by atoms with Crippen LogP contribution in [0.5, 0.6) is 5.75 Å². The number of alkyl halides is 6. The van der Waals surface area contributed by atoms with Crippen molar-refractivity contribution in [3.8, 4) is 5.75 Å². The van der Waals surface area contributed by atoms with Crippen LogP contribution < -0.4 is 4.18 Å². The van der Waals surface area contributed by atoms with Crippen molar-refractivity contribution in [3.05, 3.63) is 24.3 Å². The molecule has 8 nitrogen and oxygen atoms in total. The Morgan fingerprint density at radius 2 is 1.37 bits per heavy atom. The molecule has 4 fully saturated rings. The Labute approximate surface area is 272 Å². The monoisotopic (exact) mass is 692 g/mol. The number of halogens is 6. The van der Waals surface area contributed by atoms with Crippen molar-refractivity contribution in [2.45, 2.75) is 85.7 Å². The summed E-state index contributed by atoms with van der Waals surface area (Å²) in [6, 6.07) is 3.82. The average molecular weight is 693 g/mol. The molecule has 0 atom stereocenters. The zero-order chi connectivity index (χ0) is 31.6. The molecular formula is C25H31F6NaO8S3. The van der Waals surface area contributed by atoms with Crippen molar-refractivity contribution in [3.63, 3.8) is 0 Å². The fraction of sp³-hybridized carbons (Fsp3) is 0.720. The number of thioether (sulfide) groups is 1. The molecule has 5 rings (SSSR count). The molecule has 0 saturated heterocycles. The summed E-state index contributed by atoms with van der Waals surface area (Å²) in [5.41, 5.74) is -0.677. The van der Waals surface area contributed by atoms with Crippen molar-refractivity contribution < 1.29 is 61.4 Å². The predicted octanol–water partition coefficient (Wildman–Crippen LogP) is 5.48. The number of hydrogen-bond donors (Lipinski definition) is 1. The van der Waals surface area contributed by atoms with Crippen LogP contribution in [0, 0.1) is 23.2 Å². The van der Waals surface area contributed by atoms with Crippen LogP contribution in [-0.2, 0) is 29.8 Å². The van der Waals surface area contributed by atoms with Crippen LogP contribution in [0.1, 0.15) is 58.8 Å². The molecule has 43 heavy (non-hydrogen) atoms. The summed E-state index contributed by atoms with van der Waals surface area (Å²) in [6.07, 6.45) is 6.90. The first-order valence-corrected chi connectivity index (χ1v) is 16.9. The molecule has 0 unspecified atom stereocenters. The van der Waals surface area contributed by atoms with Gasteiger partial charge in [0, 0.05) is 16.1 Å². The fourth-order valence-electron chi connectivity index (χ4n) is 6.80. The van der Waals surface area contributed by atoms with E-state index in [2.05, 4.69) is 4.18 Å². The van der Waals surface area contributed by atoms with E-state index in [0.717, 1.165) is 55.3 Å². The standard InChI is InChI=1S/C25H30F6O8S3.Na.H/c1-21(2,22-12-15-9-16(13-22)11-17(10-15)14-22)38-20(32)7-8-40-19-5-3-18(4-6-19)39-42(36,37)25(30,31)23(26,27)24(28,29)41(33,34)35;;/h3-6,15-17H,7-14H2,1-2H3,(H,33,34,35);;. The normalized spacial score (nSPS) is 26.1. The SMILES string of the molecule is CC(C)(OC(=O)CCSc1ccc(OS(=O)(=O)C(F)(F)C(F)(F)C(F)(F)S(=O)(=O)O)cc1)C12CC3CC(CC(C3)C1)C2.[NaH]. The zero-order valence-electron chi connectivity index (χ0n) is 22.5. The molecule has 0 aliphatic heterocycles. The molecule has 0 spiro atoms. The van der Waals surface area contributed by atoms with Gasteiger partial charge >= 0.3 is 72.2 Å². The third-order valence-corrected chi connectivity index (χ3v) is 11.9. The van der Waals surface area contributed by atoms with Gasteiger partial charge in [-0.05, 0) is 94.4 Å². The second kappa shape index (κ2) is 12.1. The van der Waals surface area contributed by atoms with Crippen LogP contribution in [0.4, 0.5) is 26.3 Å². The molecule has 1 N–H and O–H groups in total.